The average molecular weight is 324 g/mol. The van der Waals surface area contributed by atoms with Crippen molar-refractivity contribution in [1.29, 1.82) is 0 Å². The summed E-state index contributed by atoms with van der Waals surface area (Å²) in [5.74, 6) is 1.56. The number of ether oxygens (including phenoxy) is 2. The van der Waals surface area contributed by atoms with Crippen molar-refractivity contribution in [3.8, 4) is 11.5 Å². The van der Waals surface area contributed by atoms with Gasteiger partial charge in [0.25, 0.3) is 0 Å². The summed E-state index contributed by atoms with van der Waals surface area (Å²) in [6, 6.07) is 13.6. The molecule has 0 bridgehead atoms. The highest BCUT2D eigenvalue weighted by Gasteiger charge is 2.01. The molecule has 0 fully saturated rings. The van der Waals surface area contributed by atoms with Crippen molar-refractivity contribution in [2.45, 2.75) is 20.5 Å². The van der Waals surface area contributed by atoms with Crippen molar-refractivity contribution in [2.24, 2.45) is 0 Å². The van der Waals surface area contributed by atoms with Crippen molar-refractivity contribution in [2.75, 3.05) is 0 Å². The van der Waals surface area contributed by atoms with Gasteiger partial charge in [0.15, 0.2) is 0 Å². The van der Waals surface area contributed by atoms with E-state index in [9.17, 15) is 4.39 Å². The van der Waals surface area contributed by atoms with Gasteiger partial charge in [-0.05, 0) is 49.8 Å². The van der Waals surface area contributed by atoms with Gasteiger partial charge in [-0.25, -0.2) is 4.39 Å². The number of allylic oxidation sites excluding steroid dienone is 4. The molecule has 2 aromatic carbocycles. The van der Waals surface area contributed by atoms with Gasteiger partial charge in [-0.3, -0.25) is 0 Å². The molecule has 0 N–H and O–H groups in total. The molecule has 2 rings (SSSR count). The largest absolute Gasteiger partial charge is 0.489 e. The second kappa shape index (κ2) is 8.73. The van der Waals surface area contributed by atoms with Crippen LogP contribution in [0.3, 0.4) is 0 Å². The van der Waals surface area contributed by atoms with Crippen LogP contribution in [0.1, 0.15) is 19.4 Å². The third-order valence-electron chi connectivity index (χ3n) is 3.34. The summed E-state index contributed by atoms with van der Waals surface area (Å²) in [5.41, 5.74) is 1.91. The maximum Gasteiger partial charge on any atom is 0.131 e. The Balaban J connectivity index is 1.96. The van der Waals surface area contributed by atoms with Gasteiger partial charge in [0.2, 0.25) is 0 Å². The van der Waals surface area contributed by atoms with E-state index in [-0.39, 0.29) is 5.82 Å². The van der Waals surface area contributed by atoms with E-state index in [1.54, 1.807) is 12.1 Å². The lowest BCUT2D eigenvalue weighted by molar-refractivity contribution is 0.303. The van der Waals surface area contributed by atoms with Crippen LogP contribution in [0.15, 0.2) is 84.7 Å². The van der Waals surface area contributed by atoms with Gasteiger partial charge in [-0.2, -0.15) is 0 Å². The normalized spacial score (nSPS) is 11.5. The number of hydrogen-bond acceptors (Lipinski definition) is 2. The van der Waals surface area contributed by atoms with Crippen LogP contribution < -0.4 is 9.47 Å². The molecule has 0 atom stereocenters. The van der Waals surface area contributed by atoms with Crippen molar-refractivity contribution >= 4 is 0 Å². The molecule has 0 unspecified atom stereocenters. The van der Waals surface area contributed by atoms with Gasteiger partial charge in [-0.15, -0.1) is 0 Å². The molecule has 24 heavy (non-hydrogen) atoms. The smallest absolute Gasteiger partial charge is 0.131 e. The van der Waals surface area contributed by atoms with Gasteiger partial charge in [0, 0.05) is 6.07 Å². The van der Waals surface area contributed by atoms with Gasteiger partial charge in [-0.1, -0.05) is 42.5 Å². The molecule has 0 saturated heterocycles. The van der Waals surface area contributed by atoms with Gasteiger partial charge >= 0.3 is 0 Å². The molecule has 2 nitrogen and oxygen atoms in total. The monoisotopic (exact) mass is 324 g/mol. The van der Waals surface area contributed by atoms with E-state index in [1.165, 1.54) is 12.1 Å². The molecule has 3 heteroatoms. The van der Waals surface area contributed by atoms with Crippen molar-refractivity contribution < 1.29 is 13.9 Å². The lowest BCUT2D eigenvalue weighted by Crippen LogP contribution is -1.97. The zero-order valence-electron chi connectivity index (χ0n) is 14.0. The van der Waals surface area contributed by atoms with Crippen molar-refractivity contribution in [1.82, 2.24) is 0 Å². The topological polar surface area (TPSA) is 18.5 Å². The minimum Gasteiger partial charge on any atom is -0.489 e. The van der Waals surface area contributed by atoms with Crippen LogP contribution in [0.25, 0.3) is 0 Å². The fourth-order valence-electron chi connectivity index (χ4n) is 1.93. The van der Waals surface area contributed by atoms with Crippen LogP contribution in [0.5, 0.6) is 11.5 Å². The molecule has 0 heterocycles. The van der Waals surface area contributed by atoms with Crippen LogP contribution in [0, 0.1) is 5.82 Å². The predicted octanol–water partition coefficient (Wildman–Crippen LogP) is 5.82. The zero-order valence-corrected chi connectivity index (χ0v) is 14.0. The van der Waals surface area contributed by atoms with E-state index in [2.05, 4.69) is 6.58 Å². The van der Waals surface area contributed by atoms with Crippen LogP contribution >= 0.6 is 0 Å². The highest BCUT2D eigenvalue weighted by Crippen LogP contribution is 2.22. The molecule has 0 aliphatic heterocycles. The Morgan fingerprint density at radius 1 is 1.08 bits per heavy atom. The van der Waals surface area contributed by atoms with E-state index in [0.29, 0.717) is 23.9 Å². The molecule has 124 valence electrons. The summed E-state index contributed by atoms with van der Waals surface area (Å²) in [4.78, 5) is 0. The Morgan fingerprint density at radius 3 is 2.58 bits per heavy atom. The highest BCUT2D eigenvalue weighted by molar-refractivity contribution is 5.35. The summed E-state index contributed by atoms with van der Waals surface area (Å²) in [6.07, 6.45) is 5.76. The lowest BCUT2D eigenvalue weighted by Gasteiger charge is -2.09. The first kappa shape index (κ1) is 17.5. The van der Waals surface area contributed by atoms with Gasteiger partial charge in [0.1, 0.15) is 29.7 Å². The molecule has 2 aromatic rings. The van der Waals surface area contributed by atoms with Gasteiger partial charge < -0.3 is 9.47 Å². The minimum atomic E-state index is -0.271. The molecule has 0 aliphatic carbocycles. The van der Waals surface area contributed by atoms with Crippen molar-refractivity contribution in [3.63, 3.8) is 0 Å². The quantitative estimate of drug-likeness (QED) is 0.472. The fraction of sp³-hybridized carbons (Fsp3) is 0.143. The Hall–Kier alpha value is -2.81. The minimum absolute atomic E-state index is 0.271. The fourth-order valence-corrected chi connectivity index (χ4v) is 1.93. The molecule has 0 saturated carbocycles. The molecule has 0 aliphatic rings. The molecule has 0 spiro atoms. The summed E-state index contributed by atoms with van der Waals surface area (Å²) in [5, 5.41) is 0. The van der Waals surface area contributed by atoms with Crippen LogP contribution in [0.4, 0.5) is 4.39 Å². The molecule has 0 amide bonds. The number of benzene rings is 2. The third kappa shape index (κ3) is 5.76. The molecule has 0 aromatic heterocycles. The summed E-state index contributed by atoms with van der Waals surface area (Å²) in [7, 11) is 0. The van der Waals surface area contributed by atoms with E-state index >= 15 is 0 Å². The Morgan fingerprint density at radius 2 is 1.83 bits per heavy atom. The van der Waals surface area contributed by atoms with Crippen LogP contribution in [-0.4, -0.2) is 0 Å². The van der Waals surface area contributed by atoms with E-state index in [4.69, 9.17) is 9.47 Å². The maximum absolute atomic E-state index is 13.2. The van der Waals surface area contributed by atoms with E-state index < -0.39 is 0 Å². The summed E-state index contributed by atoms with van der Waals surface area (Å²) < 4.78 is 24.5. The first-order valence-corrected chi connectivity index (χ1v) is 7.72. The lowest BCUT2D eigenvalue weighted by atomic mass is 10.2. The molecular formula is C21H21FO2. The Kier molecular flexibility index (Phi) is 6.38. The average Bonchev–Trinajstić information content (AvgIpc) is 2.58. The third-order valence-corrected chi connectivity index (χ3v) is 3.34. The Bertz CT molecular complexity index is 760. The predicted molar refractivity (Wildman–Crippen MR) is 95.5 cm³/mol. The van der Waals surface area contributed by atoms with Gasteiger partial charge in [0.05, 0.1) is 0 Å². The molecular weight excluding hydrogens is 303 g/mol. The number of hydrogen-bond donors (Lipinski definition) is 0. The van der Waals surface area contributed by atoms with Crippen molar-refractivity contribution in [3.05, 3.63) is 96.1 Å². The second-order valence-electron chi connectivity index (χ2n) is 5.33. The van der Waals surface area contributed by atoms with E-state index in [1.807, 2.05) is 56.3 Å². The standard InChI is InChI=1S/C21H21FO2/c1-4-16(2)11-12-17(3)24-21-10-6-9-20(14-21)23-15-18-7-5-8-19(22)13-18/h4-14H,3,15H2,1-2H3/b12-11-,16-4-. The number of rotatable bonds is 7. The first-order chi connectivity index (χ1) is 11.6. The summed E-state index contributed by atoms with van der Waals surface area (Å²) >= 11 is 0. The first-order valence-electron chi connectivity index (χ1n) is 7.72. The zero-order chi connectivity index (χ0) is 17.4. The SMILES string of the molecule is C=C(/C=C\C(C)=C/C)Oc1cccc(OCc2cccc(F)c2)c1. The second-order valence-corrected chi connectivity index (χ2v) is 5.33. The van der Waals surface area contributed by atoms with Crippen LogP contribution in [-0.2, 0) is 6.61 Å². The maximum atomic E-state index is 13.2. The summed E-state index contributed by atoms with van der Waals surface area (Å²) in [6.45, 7) is 8.14. The molecule has 0 radical (unpaired) electrons. The Labute approximate surface area is 142 Å². The highest BCUT2D eigenvalue weighted by atomic mass is 19.1. The number of halogens is 1. The van der Waals surface area contributed by atoms with Crippen LogP contribution in [0.2, 0.25) is 0 Å². The van der Waals surface area contributed by atoms with E-state index in [0.717, 1.165) is 11.1 Å².